The van der Waals surface area contributed by atoms with Crippen molar-refractivity contribution in [3.8, 4) is 0 Å². The SMILES string of the molecule is CP(C)(=O)c1ccc(N(c2ncnc(N)n2)C2CCCO2)cc1. The zero-order valence-electron chi connectivity index (χ0n) is 13.2. The van der Waals surface area contributed by atoms with E-state index in [2.05, 4.69) is 15.0 Å². The lowest BCUT2D eigenvalue weighted by Crippen LogP contribution is -2.32. The van der Waals surface area contributed by atoms with Gasteiger partial charge in [-0.15, -0.1) is 0 Å². The summed E-state index contributed by atoms with van der Waals surface area (Å²) in [6, 6.07) is 7.58. The average Bonchev–Trinajstić information content (AvgIpc) is 3.01. The van der Waals surface area contributed by atoms with Gasteiger partial charge in [0.25, 0.3) is 0 Å². The van der Waals surface area contributed by atoms with Crippen LogP contribution in [0.2, 0.25) is 0 Å². The lowest BCUT2D eigenvalue weighted by atomic mass is 10.2. The van der Waals surface area contributed by atoms with Crippen LogP contribution in [-0.4, -0.2) is 41.1 Å². The Morgan fingerprint density at radius 2 is 2.00 bits per heavy atom. The zero-order valence-corrected chi connectivity index (χ0v) is 14.1. The van der Waals surface area contributed by atoms with Crippen molar-refractivity contribution < 1.29 is 9.30 Å². The van der Waals surface area contributed by atoms with Gasteiger partial charge in [-0.05, 0) is 50.4 Å². The Morgan fingerprint density at radius 3 is 2.57 bits per heavy atom. The van der Waals surface area contributed by atoms with Crippen molar-refractivity contribution >= 4 is 30.0 Å². The summed E-state index contributed by atoms with van der Waals surface area (Å²) in [4.78, 5) is 14.2. The Morgan fingerprint density at radius 1 is 1.26 bits per heavy atom. The summed E-state index contributed by atoms with van der Waals surface area (Å²) in [6.45, 7) is 4.22. The van der Waals surface area contributed by atoms with Crippen LogP contribution >= 0.6 is 7.14 Å². The third kappa shape index (κ3) is 3.51. The Balaban J connectivity index is 2.00. The van der Waals surface area contributed by atoms with E-state index in [-0.39, 0.29) is 12.2 Å². The number of hydrogen-bond donors (Lipinski definition) is 1. The number of benzene rings is 1. The van der Waals surface area contributed by atoms with E-state index in [1.165, 1.54) is 6.33 Å². The molecule has 0 amide bonds. The molecule has 1 saturated heterocycles. The maximum Gasteiger partial charge on any atom is 0.236 e. The summed E-state index contributed by atoms with van der Waals surface area (Å²) in [6.07, 6.45) is 3.12. The van der Waals surface area contributed by atoms with Crippen LogP contribution in [0.5, 0.6) is 0 Å². The van der Waals surface area contributed by atoms with E-state index >= 15 is 0 Å². The molecule has 2 aromatic rings. The van der Waals surface area contributed by atoms with Crippen LogP contribution in [0.1, 0.15) is 12.8 Å². The van der Waals surface area contributed by atoms with Crippen molar-refractivity contribution in [1.29, 1.82) is 0 Å². The molecule has 1 unspecified atom stereocenters. The molecule has 1 atom stereocenters. The quantitative estimate of drug-likeness (QED) is 0.855. The molecule has 2 N–H and O–H groups in total. The molecule has 1 fully saturated rings. The molecule has 2 heterocycles. The van der Waals surface area contributed by atoms with Crippen LogP contribution in [0.15, 0.2) is 30.6 Å². The minimum Gasteiger partial charge on any atom is -0.368 e. The van der Waals surface area contributed by atoms with E-state index in [9.17, 15) is 4.57 Å². The molecule has 8 heteroatoms. The van der Waals surface area contributed by atoms with E-state index in [1.807, 2.05) is 29.2 Å². The van der Waals surface area contributed by atoms with Gasteiger partial charge in [0.15, 0.2) is 0 Å². The monoisotopic (exact) mass is 333 g/mol. The first-order chi connectivity index (χ1) is 10.9. The summed E-state index contributed by atoms with van der Waals surface area (Å²) in [7, 11) is -2.28. The van der Waals surface area contributed by atoms with Gasteiger partial charge in [0, 0.05) is 17.6 Å². The van der Waals surface area contributed by atoms with Gasteiger partial charge in [-0.2, -0.15) is 4.98 Å². The maximum absolute atomic E-state index is 12.2. The van der Waals surface area contributed by atoms with Gasteiger partial charge < -0.3 is 15.0 Å². The van der Waals surface area contributed by atoms with Gasteiger partial charge in [-0.1, -0.05) is 0 Å². The Hall–Kier alpha value is -1.98. The molecule has 0 spiro atoms. The lowest BCUT2D eigenvalue weighted by Gasteiger charge is -2.28. The molecule has 0 bridgehead atoms. The van der Waals surface area contributed by atoms with E-state index < -0.39 is 7.14 Å². The van der Waals surface area contributed by atoms with Gasteiger partial charge in [0.05, 0.1) is 0 Å². The van der Waals surface area contributed by atoms with E-state index in [1.54, 1.807) is 13.3 Å². The second-order valence-electron chi connectivity index (χ2n) is 5.85. The molecule has 1 aromatic carbocycles. The van der Waals surface area contributed by atoms with Crippen LogP contribution in [-0.2, 0) is 9.30 Å². The van der Waals surface area contributed by atoms with Gasteiger partial charge in [-0.25, -0.2) is 9.97 Å². The van der Waals surface area contributed by atoms with E-state index in [4.69, 9.17) is 10.5 Å². The van der Waals surface area contributed by atoms with Gasteiger partial charge in [0.2, 0.25) is 11.9 Å². The van der Waals surface area contributed by atoms with Gasteiger partial charge in [0.1, 0.15) is 19.7 Å². The third-order valence-electron chi connectivity index (χ3n) is 3.74. The van der Waals surface area contributed by atoms with Crippen molar-refractivity contribution in [1.82, 2.24) is 15.0 Å². The molecule has 1 aliphatic rings. The molecule has 1 aromatic heterocycles. The largest absolute Gasteiger partial charge is 0.368 e. The Kier molecular flexibility index (Phi) is 4.33. The van der Waals surface area contributed by atoms with Gasteiger partial charge in [-0.3, -0.25) is 4.90 Å². The van der Waals surface area contributed by atoms with Crippen molar-refractivity contribution in [2.24, 2.45) is 0 Å². The molecule has 3 rings (SSSR count). The van der Waals surface area contributed by atoms with Crippen LogP contribution in [0, 0.1) is 0 Å². The molecule has 0 saturated carbocycles. The predicted octanol–water partition coefficient (Wildman–Crippen LogP) is 1.98. The minimum atomic E-state index is -2.28. The smallest absolute Gasteiger partial charge is 0.236 e. The molecule has 122 valence electrons. The van der Waals surface area contributed by atoms with Crippen LogP contribution in [0.3, 0.4) is 0 Å². The number of rotatable bonds is 4. The minimum absolute atomic E-state index is 0.141. The first-order valence-corrected chi connectivity index (χ1v) is 10.1. The highest BCUT2D eigenvalue weighted by Crippen LogP contribution is 2.36. The number of nitrogens with zero attached hydrogens (tertiary/aromatic N) is 4. The van der Waals surface area contributed by atoms with Crippen molar-refractivity contribution in [3.05, 3.63) is 30.6 Å². The van der Waals surface area contributed by atoms with Crippen molar-refractivity contribution in [2.45, 2.75) is 19.1 Å². The standard InChI is InChI=1S/C15H20N5O2P/c1-23(2,21)12-7-5-11(6-8-12)20(13-4-3-9-22-13)15-18-10-17-14(16)19-15/h5-8,10,13H,3-4,9H2,1-2H3,(H2,16,17,18,19). The maximum atomic E-state index is 12.2. The molecular weight excluding hydrogens is 313 g/mol. The summed E-state index contributed by atoms with van der Waals surface area (Å²) < 4.78 is 18.0. The number of nitrogen functional groups attached to an aromatic ring is 1. The summed E-state index contributed by atoms with van der Waals surface area (Å²) >= 11 is 0. The van der Waals surface area contributed by atoms with Crippen molar-refractivity contribution in [3.63, 3.8) is 0 Å². The topological polar surface area (TPSA) is 94.2 Å². The number of ether oxygens (including phenoxy) is 1. The Labute approximate surface area is 135 Å². The number of aromatic nitrogens is 3. The summed E-state index contributed by atoms with van der Waals surface area (Å²) in [5.74, 6) is 0.620. The second-order valence-corrected chi connectivity index (χ2v) is 9.07. The molecular formula is C15H20N5O2P. The van der Waals surface area contributed by atoms with Gasteiger partial charge >= 0.3 is 0 Å². The predicted molar refractivity (Wildman–Crippen MR) is 90.9 cm³/mol. The fraction of sp³-hybridized carbons (Fsp3) is 0.400. The number of nitrogens with two attached hydrogens (primary N) is 1. The third-order valence-corrected chi connectivity index (χ3v) is 5.28. The molecule has 1 aliphatic heterocycles. The highest BCUT2D eigenvalue weighted by molar-refractivity contribution is 7.70. The molecule has 7 nitrogen and oxygen atoms in total. The highest BCUT2D eigenvalue weighted by atomic mass is 31.2. The highest BCUT2D eigenvalue weighted by Gasteiger charge is 2.27. The van der Waals surface area contributed by atoms with Crippen molar-refractivity contribution in [2.75, 3.05) is 30.6 Å². The molecule has 0 aliphatic carbocycles. The van der Waals surface area contributed by atoms with E-state index in [0.29, 0.717) is 12.6 Å². The second kappa shape index (κ2) is 6.26. The zero-order chi connectivity index (χ0) is 16.4. The average molecular weight is 333 g/mol. The van der Waals surface area contributed by atoms with Crippen LogP contribution < -0.4 is 15.9 Å². The fourth-order valence-electron chi connectivity index (χ4n) is 2.56. The summed E-state index contributed by atoms with van der Waals surface area (Å²) in [5, 5.41) is 0.837. The first kappa shape index (κ1) is 15.9. The fourth-order valence-corrected chi connectivity index (χ4v) is 3.43. The van der Waals surface area contributed by atoms with Crippen LogP contribution in [0.4, 0.5) is 17.6 Å². The number of anilines is 3. The molecule has 23 heavy (non-hydrogen) atoms. The number of hydrogen-bond acceptors (Lipinski definition) is 7. The Bertz CT molecular complexity index is 725. The first-order valence-electron chi connectivity index (χ1n) is 7.46. The van der Waals surface area contributed by atoms with Crippen LogP contribution in [0.25, 0.3) is 0 Å². The normalized spacial score (nSPS) is 18.1. The molecule has 0 radical (unpaired) electrons. The summed E-state index contributed by atoms with van der Waals surface area (Å²) in [5.41, 5.74) is 6.56. The lowest BCUT2D eigenvalue weighted by molar-refractivity contribution is 0.115. The van der Waals surface area contributed by atoms with E-state index in [0.717, 1.165) is 23.8 Å².